The molecule has 1 aliphatic heterocycles. The van der Waals surface area contributed by atoms with Crippen molar-refractivity contribution in [2.75, 3.05) is 26.2 Å². The van der Waals surface area contributed by atoms with Crippen LogP contribution in [0.3, 0.4) is 0 Å². The summed E-state index contributed by atoms with van der Waals surface area (Å²) in [6.07, 6.45) is -0.119. The van der Waals surface area contributed by atoms with E-state index in [1.165, 1.54) is 18.9 Å². The van der Waals surface area contributed by atoms with Gasteiger partial charge in [0.2, 0.25) is 5.91 Å². The number of ether oxygens (including phenoxy) is 2. The largest absolute Gasteiger partial charge is 0.478 e. The molecule has 10 heteroatoms. The number of carbonyl (C=O) groups excluding carboxylic acids is 2. The van der Waals surface area contributed by atoms with E-state index >= 15 is 0 Å². The zero-order valence-corrected chi connectivity index (χ0v) is 21.8. The fraction of sp³-hybridized carbons (Fsp3) is 0.417. The highest BCUT2D eigenvalue weighted by molar-refractivity contribution is 7.97. The SMILES string of the molecule is CC(=O)N(C[C@@H]1CN(Cc2ccc(Cl)c(Cl)c2)CCO1)Sc1ccc(OC(C)(C)C(N)=O)cc1. The van der Waals surface area contributed by atoms with Crippen LogP contribution in [0.25, 0.3) is 0 Å². The van der Waals surface area contributed by atoms with Crippen molar-refractivity contribution in [2.24, 2.45) is 5.73 Å². The highest BCUT2D eigenvalue weighted by Gasteiger charge is 2.27. The Morgan fingerprint density at radius 2 is 1.91 bits per heavy atom. The van der Waals surface area contributed by atoms with Crippen molar-refractivity contribution in [3.05, 3.63) is 58.1 Å². The van der Waals surface area contributed by atoms with Crippen LogP contribution in [0.2, 0.25) is 10.0 Å². The molecule has 184 valence electrons. The van der Waals surface area contributed by atoms with Crippen molar-refractivity contribution in [3.8, 4) is 5.75 Å². The Hall–Kier alpha value is -1.97. The molecule has 0 radical (unpaired) electrons. The molecule has 2 amide bonds. The third kappa shape index (κ3) is 7.52. The van der Waals surface area contributed by atoms with E-state index in [-0.39, 0.29) is 12.0 Å². The minimum atomic E-state index is -1.11. The van der Waals surface area contributed by atoms with E-state index in [0.29, 0.717) is 35.5 Å². The van der Waals surface area contributed by atoms with Crippen molar-refractivity contribution in [2.45, 2.75) is 43.9 Å². The molecule has 0 saturated carbocycles. The summed E-state index contributed by atoms with van der Waals surface area (Å²) in [5.74, 6) is -0.0872. The molecule has 2 aromatic rings. The van der Waals surface area contributed by atoms with Gasteiger partial charge in [-0.1, -0.05) is 29.3 Å². The average molecular weight is 526 g/mol. The van der Waals surface area contributed by atoms with E-state index in [9.17, 15) is 9.59 Å². The van der Waals surface area contributed by atoms with Crippen LogP contribution in [0.5, 0.6) is 5.75 Å². The lowest BCUT2D eigenvalue weighted by molar-refractivity contribution is -0.130. The van der Waals surface area contributed by atoms with Gasteiger partial charge in [-0.2, -0.15) is 0 Å². The van der Waals surface area contributed by atoms with Crippen molar-refractivity contribution in [3.63, 3.8) is 0 Å². The minimum absolute atomic E-state index is 0.0644. The topological polar surface area (TPSA) is 85.1 Å². The first-order chi connectivity index (χ1) is 16.0. The Morgan fingerprint density at radius 1 is 1.21 bits per heavy atom. The van der Waals surface area contributed by atoms with Gasteiger partial charge >= 0.3 is 0 Å². The van der Waals surface area contributed by atoms with E-state index in [1.807, 2.05) is 24.3 Å². The predicted octanol–water partition coefficient (Wildman–Crippen LogP) is 4.39. The molecule has 0 bridgehead atoms. The number of amides is 2. The number of rotatable bonds is 9. The van der Waals surface area contributed by atoms with Gasteiger partial charge in [0.1, 0.15) is 5.75 Å². The highest BCUT2D eigenvalue weighted by atomic mass is 35.5. The maximum absolute atomic E-state index is 12.3. The molecule has 1 saturated heterocycles. The second kappa shape index (κ2) is 11.6. The number of benzene rings is 2. The molecule has 2 N–H and O–H groups in total. The number of hydrogen-bond acceptors (Lipinski definition) is 6. The van der Waals surface area contributed by atoms with Crippen molar-refractivity contribution in [1.82, 2.24) is 9.21 Å². The Balaban J connectivity index is 1.58. The lowest BCUT2D eigenvalue weighted by Crippen LogP contribution is -2.46. The number of nitrogens with two attached hydrogens (primary N) is 1. The molecule has 2 aromatic carbocycles. The van der Waals surface area contributed by atoms with Crippen LogP contribution in [-0.2, 0) is 20.9 Å². The molecule has 7 nitrogen and oxygen atoms in total. The summed E-state index contributed by atoms with van der Waals surface area (Å²) in [6, 6.07) is 12.8. The fourth-order valence-corrected chi connectivity index (χ4v) is 4.59. The Morgan fingerprint density at radius 3 is 2.53 bits per heavy atom. The number of nitrogens with zero attached hydrogens (tertiary/aromatic N) is 2. The summed E-state index contributed by atoms with van der Waals surface area (Å²) >= 11 is 13.5. The molecule has 1 atom stereocenters. The molecule has 0 unspecified atom stereocenters. The van der Waals surface area contributed by atoms with Gasteiger partial charge in [-0.05, 0) is 67.8 Å². The maximum Gasteiger partial charge on any atom is 0.261 e. The van der Waals surface area contributed by atoms with Gasteiger partial charge in [0.15, 0.2) is 5.60 Å². The molecule has 0 spiro atoms. The zero-order valence-electron chi connectivity index (χ0n) is 19.4. The van der Waals surface area contributed by atoms with Gasteiger partial charge in [-0.25, -0.2) is 0 Å². The van der Waals surface area contributed by atoms with Crippen molar-refractivity contribution in [1.29, 1.82) is 0 Å². The number of morpholine rings is 1. The van der Waals surface area contributed by atoms with Crippen LogP contribution in [0.4, 0.5) is 0 Å². The first kappa shape index (κ1) is 26.6. The molecular formula is C24H29Cl2N3O4S. The number of hydrogen-bond donors (Lipinski definition) is 1. The van der Waals surface area contributed by atoms with Gasteiger partial charge in [0.05, 0.1) is 29.3 Å². The third-order valence-electron chi connectivity index (χ3n) is 5.34. The average Bonchev–Trinajstić information content (AvgIpc) is 2.77. The molecule has 1 aliphatic rings. The minimum Gasteiger partial charge on any atom is -0.478 e. The molecule has 34 heavy (non-hydrogen) atoms. The van der Waals surface area contributed by atoms with E-state index in [1.54, 1.807) is 36.4 Å². The molecular weight excluding hydrogens is 497 g/mol. The third-order valence-corrected chi connectivity index (χ3v) is 7.19. The summed E-state index contributed by atoms with van der Waals surface area (Å²) in [4.78, 5) is 26.9. The monoisotopic (exact) mass is 525 g/mol. The fourth-order valence-electron chi connectivity index (χ4n) is 3.39. The van der Waals surface area contributed by atoms with Crippen LogP contribution in [0.1, 0.15) is 26.3 Å². The summed E-state index contributed by atoms with van der Waals surface area (Å²) < 4.78 is 13.3. The van der Waals surface area contributed by atoms with Gasteiger partial charge in [-0.15, -0.1) is 0 Å². The Labute approximate surface area is 214 Å². The standard InChI is InChI=1S/C24H29Cl2N3O4S/c1-16(30)29(34-20-7-5-18(6-8-20)33-24(2,3)23(27)31)15-19-14-28(10-11-32-19)13-17-4-9-21(25)22(26)12-17/h4-9,12,19H,10-11,13-15H2,1-3H3,(H2,27,31)/t19-/m0/s1. The number of carbonyl (C=O) groups is 2. The zero-order chi connectivity index (χ0) is 24.9. The number of primary amides is 1. The van der Waals surface area contributed by atoms with Crippen molar-refractivity contribution >= 4 is 47.0 Å². The van der Waals surface area contributed by atoms with Crippen LogP contribution >= 0.6 is 35.1 Å². The maximum atomic E-state index is 12.3. The lowest BCUT2D eigenvalue weighted by atomic mass is 10.1. The summed E-state index contributed by atoms with van der Waals surface area (Å²) in [6.45, 7) is 8.03. The Bertz CT molecular complexity index is 1020. The summed E-state index contributed by atoms with van der Waals surface area (Å²) in [7, 11) is 0. The normalized spacial score (nSPS) is 16.8. The molecule has 0 aromatic heterocycles. The van der Waals surface area contributed by atoms with Gasteiger partial charge in [0.25, 0.3) is 5.91 Å². The first-order valence-corrected chi connectivity index (χ1v) is 12.4. The second-order valence-electron chi connectivity index (χ2n) is 8.60. The predicted molar refractivity (Wildman–Crippen MR) is 135 cm³/mol. The van der Waals surface area contributed by atoms with Crippen LogP contribution in [-0.4, -0.2) is 59.0 Å². The van der Waals surface area contributed by atoms with Crippen molar-refractivity contribution < 1.29 is 19.1 Å². The van der Waals surface area contributed by atoms with E-state index < -0.39 is 11.5 Å². The second-order valence-corrected chi connectivity index (χ2v) is 10.5. The van der Waals surface area contributed by atoms with Crippen LogP contribution < -0.4 is 10.5 Å². The highest BCUT2D eigenvalue weighted by Crippen LogP contribution is 2.28. The van der Waals surface area contributed by atoms with Crippen LogP contribution in [0.15, 0.2) is 47.4 Å². The molecule has 1 fully saturated rings. The summed E-state index contributed by atoms with van der Waals surface area (Å²) in [5.41, 5.74) is 5.33. The van der Waals surface area contributed by atoms with Gasteiger partial charge in [-0.3, -0.25) is 18.8 Å². The Kier molecular flexibility index (Phi) is 9.12. The molecule has 0 aliphatic carbocycles. The first-order valence-electron chi connectivity index (χ1n) is 10.9. The summed E-state index contributed by atoms with van der Waals surface area (Å²) in [5, 5.41) is 1.08. The smallest absolute Gasteiger partial charge is 0.261 e. The van der Waals surface area contributed by atoms with Crippen LogP contribution in [0, 0.1) is 0 Å². The quantitative estimate of drug-likeness (QED) is 0.488. The van der Waals surface area contributed by atoms with Gasteiger partial charge < -0.3 is 15.2 Å². The lowest BCUT2D eigenvalue weighted by Gasteiger charge is -2.35. The van der Waals surface area contributed by atoms with E-state index in [2.05, 4.69) is 4.90 Å². The van der Waals surface area contributed by atoms with Gasteiger partial charge in [0, 0.05) is 31.5 Å². The molecule has 1 heterocycles. The van der Waals surface area contributed by atoms with E-state index in [4.69, 9.17) is 38.4 Å². The number of halogens is 2. The van der Waals surface area contributed by atoms with E-state index in [0.717, 1.165) is 23.5 Å². The molecule has 3 rings (SSSR count).